The predicted molar refractivity (Wildman–Crippen MR) is 164 cm³/mol. The molecule has 1 spiro atoms. The van der Waals surface area contributed by atoms with Crippen LogP contribution in [0.2, 0.25) is 0 Å². The first kappa shape index (κ1) is 29.8. The number of hydrogen-bond acceptors (Lipinski definition) is 8. The van der Waals surface area contributed by atoms with Gasteiger partial charge in [-0.05, 0) is 59.2 Å². The summed E-state index contributed by atoms with van der Waals surface area (Å²) in [5.74, 6) is 2.32. The standard InChI is InChI=1S/C31H51N9O/c1-7-22(2)10-8-12-25(33-23(3)19-37(4)5)27-20-40-30(34-27)35-28(39-17-16-38(6)31(21-39)13-14-31)26(36-40)18-24-11-9-15-32-29(24)41/h20,22,24-25,33H,3,7-19,21H2,1-2,4-6H3,(H,32,41)/t22?,24-,25?/m1/s1. The molecule has 41 heavy (non-hydrogen) atoms. The molecular formula is C31H51N9O. The van der Waals surface area contributed by atoms with E-state index in [-0.39, 0.29) is 23.4 Å². The van der Waals surface area contributed by atoms with Gasteiger partial charge in [0.15, 0.2) is 5.82 Å². The molecule has 3 fully saturated rings. The summed E-state index contributed by atoms with van der Waals surface area (Å²) in [6.07, 6.45) is 11.5. The maximum absolute atomic E-state index is 12.7. The highest BCUT2D eigenvalue weighted by Crippen LogP contribution is 2.44. The number of rotatable bonds is 13. The molecule has 0 radical (unpaired) electrons. The third kappa shape index (κ3) is 7.02. The molecule has 10 nitrogen and oxygen atoms in total. The van der Waals surface area contributed by atoms with Crippen LogP contribution < -0.4 is 15.5 Å². The summed E-state index contributed by atoms with van der Waals surface area (Å²) in [6, 6.07) is 0.0457. The Morgan fingerprint density at radius 1 is 1.27 bits per heavy atom. The molecule has 2 saturated heterocycles. The lowest BCUT2D eigenvalue weighted by Crippen LogP contribution is -2.54. The van der Waals surface area contributed by atoms with Crippen LogP contribution in [-0.4, -0.2) is 94.7 Å². The Bertz CT molecular complexity index is 1220. The second-order valence-corrected chi connectivity index (χ2v) is 13.2. The van der Waals surface area contributed by atoms with Crippen LogP contribution in [0.3, 0.4) is 0 Å². The molecular weight excluding hydrogens is 514 g/mol. The normalized spacial score (nSPS) is 22.2. The molecule has 1 saturated carbocycles. The third-order valence-electron chi connectivity index (χ3n) is 9.48. The zero-order valence-corrected chi connectivity index (χ0v) is 26.0. The van der Waals surface area contributed by atoms with Gasteiger partial charge in [-0.15, -0.1) is 0 Å². The maximum Gasteiger partial charge on any atom is 0.252 e. The van der Waals surface area contributed by atoms with E-state index in [9.17, 15) is 4.79 Å². The van der Waals surface area contributed by atoms with Crippen molar-refractivity contribution in [1.29, 1.82) is 0 Å². The molecule has 2 aliphatic heterocycles. The lowest BCUT2D eigenvalue weighted by atomic mass is 9.93. The molecule has 2 aromatic heterocycles. The predicted octanol–water partition coefficient (Wildman–Crippen LogP) is 3.40. The van der Waals surface area contributed by atoms with Crippen molar-refractivity contribution in [3.8, 4) is 0 Å². The highest BCUT2D eigenvalue weighted by atomic mass is 16.1. The van der Waals surface area contributed by atoms with E-state index in [2.05, 4.69) is 66.9 Å². The van der Waals surface area contributed by atoms with Crippen LogP contribution >= 0.6 is 0 Å². The van der Waals surface area contributed by atoms with E-state index in [1.54, 1.807) is 0 Å². The van der Waals surface area contributed by atoms with Gasteiger partial charge in [-0.3, -0.25) is 9.69 Å². The summed E-state index contributed by atoms with van der Waals surface area (Å²) >= 11 is 0. The van der Waals surface area contributed by atoms with E-state index in [1.165, 1.54) is 25.7 Å². The van der Waals surface area contributed by atoms with Crippen LogP contribution in [0.5, 0.6) is 0 Å². The number of carbonyl (C=O) groups is 1. The molecule has 226 valence electrons. The molecule has 2 aromatic rings. The quantitative estimate of drug-likeness (QED) is 0.382. The Labute approximate surface area is 245 Å². The Hall–Kier alpha value is -2.72. The van der Waals surface area contributed by atoms with Crippen molar-refractivity contribution in [3.63, 3.8) is 0 Å². The fourth-order valence-electron chi connectivity index (χ4n) is 6.45. The van der Waals surface area contributed by atoms with E-state index in [4.69, 9.17) is 15.1 Å². The van der Waals surface area contributed by atoms with Crippen molar-refractivity contribution in [1.82, 2.24) is 40.0 Å². The van der Waals surface area contributed by atoms with Crippen LogP contribution in [-0.2, 0) is 11.2 Å². The van der Waals surface area contributed by atoms with E-state index in [1.807, 2.05) is 10.7 Å². The van der Waals surface area contributed by atoms with Gasteiger partial charge in [-0.1, -0.05) is 39.7 Å². The minimum Gasteiger partial charge on any atom is -0.379 e. The summed E-state index contributed by atoms with van der Waals surface area (Å²) in [6.45, 7) is 13.3. The Balaban J connectivity index is 1.46. The van der Waals surface area contributed by atoms with Gasteiger partial charge < -0.3 is 20.4 Å². The van der Waals surface area contributed by atoms with Crippen molar-refractivity contribution < 1.29 is 4.79 Å². The molecule has 0 bridgehead atoms. The molecule has 5 rings (SSSR count). The highest BCUT2D eigenvalue weighted by molar-refractivity contribution is 5.79. The minimum absolute atomic E-state index is 0.0457. The number of aromatic nitrogens is 4. The topological polar surface area (TPSA) is 93.9 Å². The SMILES string of the molecule is C=C(CN(C)C)NC(CCCC(C)CC)c1cn2nc(C[C@H]3CCCNC3=O)c(N3CCN(C)C4(CC4)C3)nc2n1. The van der Waals surface area contributed by atoms with Crippen molar-refractivity contribution in [3.05, 3.63) is 29.9 Å². The summed E-state index contributed by atoms with van der Waals surface area (Å²) in [5, 5.41) is 11.8. The maximum atomic E-state index is 12.7. The highest BCUT2D eigenvalue weighted by Gasteiger charge is 2.50. The number of fused-ring (bicyclic) bond motifs is 1. The van der Waals surface area contributed by atoms with Crippen LogP contribution in [0.1, 0.15) is 82.6 Å². The first-order chi connectivity index (χ1) is 19.7. The van der Waals surface area contributed by atoms with Crippen molar-refractivity contribution in [2.24, 2.45) is 11.8 Å². The Morgan fingerprint density at radius 3 is 2.78 bits per heavy atom. The van der Waals surface area contributed by atoms with Crippen LogP contribution in [0.25, 0.3) is 5.78 Å². The van der Waals surface area contributed by atoms with E-state index in [0.29, 0.717) is 18.1 Å². The number of piperazine rings is 1. The van der Waals surface area contributed by atoms with Crippen LogP contribution in [0.4, 0.5) is 5.82 Å². The Kier molecular flexibility index (Phi) is 9.18. The number of imidazole rings is 1. The number of nitrogens with one attached hydrogen (secondary N) is 2. The molecule has 1 aliphatic carbocycles. The molecule has 2 N–H and O–H groups in total. The number of hydrogen-bond donors (Lipinski definition) is 2. The molecule has 3 atom stereocenters. The second kappa shape index (κ2) is 12.7. The Morgan fingerprint density at radius 2 is 2.07 bits per heavy atom. The smallest absolute Gasteiger partial charge is 0.252 e. The van der Waals surface area contributed by atoms with Crippen LogP contribution in [0, 0.1) is 11.8 Å². The number of carbonyl (C=O) groups excluding carboxylic acids is 1. The van der Waals surface area contributed by atoms with Crippen molar-refractivity contribution >= 4 is 17.5 Å². The molecule has 3 aliphatic rings. The lowest BCUT2D eigenvalue weighted by molar-refractivity contribution is -0.126. The molecule has 10 heteroatoms. The monoisotopic (exact) mass is 565 g/mol. The number of anilines is 1. The van der Waals surface area contributed by atoms with Gasteiger partial charge in [-0.25, -0.2) is 9.50 Å². The lowest BCUT2D eigenvalue weighted by Gasteiger charge is -2.41. The van der Waals surface area contributed by atoms with Crippen molar-refractivity contribution in [2.45, 2.75) is 83.2 Å². The fraction of sp³-hybridized carbons (Fsp3) is 0.742. The van der Waals surface area contributed by atoms with Gasteiger partial charge in [-0.2, -0.15) is 10.1 Å². The van der Waals surface area contributed by atoms with Gasteiger partial charge in [0.2, 0.25) is 5.91 Å². The number of nitrogens with zero attached hydrogens (tertiary/aromatic N) is 7. The third-order valence-corrected chi connectivity index (χ3v) is 9.48. The van der Waals surface area contributed by atoms with Gasteiger partial charge in [0.25, 0.3) is 5.78 Å². The van der Waals surface area contributed by atoms with Gasteiger partial charge in [0.1, 0.15) is 5.69 Å². The average Bonchev–Trinajstić information content (AvgIpc) is 3.58. The largest absolute Gasteiger partial charge is 0.379 e. The minimum atomic E-state index is -0.0658. The number of piperidine rings is 1. The second-order valence-electron chi connectivity index (χ2n) is 13.2. The summed E-state index contributed by atoms with van der Waals surface area (Å²) < 4.78 is 1.84. The summed E-state index contributed by atoms with van der Waals surface area (Å²) in [4.78, 5) is 30.0. The zero-order valence-electron chi connectivity index (χ0n) is 26.0. The van der Waals surface area contributed by atoms with Crippen LogP contribution in [0.15, 0.2) is 18.5 Å². The van der Waals surface area contributed by atoms with E-state index >= 15 is 0 Å². The average molecular weight is 566 g/mol. The molecule has 2 unspecified atom stereocenters. The zero-order chi connectivity index (χ0) is 29.1. The number of likely N-dealkylation sites (N-methyl/N-ethyl adjacent to an activating group) is 2. The summed E-state index contributed by atoms with van der Waals surface area (Å²) in [5.41, 5.74) is 3.09. The first-order valence-corrected chi connectivity index (χ1v) is 15.8. The van der Waals surface area contributed by atoms with Gasteiger partial charge >= 0.3 is 0 Å². The molecule has 0 aromatic carbocycles. The molecule has 1 amide bonds. The number of amides is 1. The first-order valence-electron chi connectivity index (χ1n) is 15.8. The summed E-state index contributed by atoms with van der Waals surface area (Å²) in [7, 11) is 6.36. The van der Waals surface area contributed by atoms with Gasteiger partial charge in [0, 0.05) is 56.3 Å². The molecule has 4 heterocycles. The van der Waals surface area contributed by atoms with Gasteiger partial charge in [0.05, 0.1) is 17.9 Å². The van der Waals surface area contributed by atoms with E-state index < -0.39 is 0 Å². The van der Waals surface area contributed by atoms with Crippen molar-refractivity contribution in [2.75, 3.05) is 58.8 Å². The van der Waals surface area contributed by atoms with E-state index in [0.717, 1.165) is 81.3 Å². The fourth-order valence-corrected chi connectivity index (χ4v) is 6.45.